The monoisotopic (exact) mass is 340 g/mol. The van der Waals surface area contributed by atoms with Gasteiger partial charge in [0.05, 0.1) is 55.6 Å². The Morgan fingerprint density at radius 3 is 2.29 bits per heavy atom. The molecule has 2 heterocycles. The number of rotatable bonds is 8. The molecule has 0 aliphatic carbocycles. The van der Waals surface area contributed by atoms with Gasteiger partial charge in [-0.3, -0.25) is 4.68 Å². The Hall–Kier alpha value is -0.925. The molecule has 0 atom stereocenters. The van der Waals surface area contributed by atoms with Crippen molar-refractivity contribution >= 4 is 12.6 Å². The molecule has 136 valence electrons. The van der Waals surface area contributed by atoms with Crippen LogP contribution in [0, 0.1) is 6.92 Å². The summed E-state index contributed by atoms with van der Waals surface area (Å²) in [5.74, 6) is 0. The normalized spacial score (nSPS) is 19.2. The number of aromatic nitrogens is 2. The van der Waals surface area contributed by atoms with Crippen molar-refractivity contribution in [1.29, 1.82) is 0 Å². The fourth-order valence-corrected chi connectivity index (χ4v) is 2.66. The van der Waals surface area contributed by atoms with Crippen LogP contribution in [0.15, 0.2) is 0 Å². The molecule has 0 radical (unpaired) electrons. The standard InChI is InChI=1S/C16H29BN2O5/c1-12-14(17-23-15(2,3)16(4,5)24-17)13(11-20)19(18-12)7-8-22-10-9-21-6/h20H,7-11H2,1-6H3. The van der Waals surface area contributed by atoms with Crippen LogP contribution in [0.5, 0.6) is 0 Å². The van der Waals surface area contributed by atoms with Gasteiger partial charge in [0.25, 0.3) is 0 Å². The minimum atomic E-state index is -0.527. The van der Waals surface area contributed by atoms with Crippen LogP contribution in [0.1, 0.15) is 39.1 Å². The largest absolute Gasteiger partial charge is 0.498 e. The highest BCUT2D eigenvalue weighted by atomic mass is 16.7. The third kappa shape index (κ3) is 3.83. The molecular formula is C16H29BN2O5. The van der Waals surface area contributed by atoms with Gasteiger partial charge in [0.1, 0.15) is 0 Å². The summed E-state index contributed by atoms with van der Waals surface area (Å²) < 4.78 is 24.4. The van der Waals surface area contributed by atoms with Gasteiger partial charge < -0.3 is 23.9 Å². The molecule has 1 aliphatic heterocycles. The summed E-state index contributed by atoms with van der Waals surface area (Å²) in [5.41, 5.74) is 1.47. The third-order valence-electron chi connectivity index (χ3n) is 4.80. The van der Waals surface area contributed by atoms with Crippen molar-refractivity contribution in [2.24, 2.45) is 0 Å². The second-order valence-corrected chi connectivity index (χ2v) is 7.02. The molecule has 1 saturated heterocycles. The summed E-state index contributed by atoms with van der Waals surface area (Å²) in [7, 11) is 1.11. The van der Waals surface area contributed by atoms with Crippen molar-refractivity contribution in [1.82, 2.24) is 9.78 Å². The van der Waals surface area contributed by atoms with Crippen LogP contribution in [0.2, 0.25) is 0 Å². The molecule has 8 heteroatoms. The highest BCUT2D eigenvalue weighted by Crippen LogP contribution is 2.36. The van der Waals surface area contributed by atoms with E-state index in [9.17, 15) is 5.11 Å². The van der Waals surface area contributed by atoms with E-state index in [1.807, 2.05) is 34.6 Å². The molecule has 1 aromatic rings. The Morgan fingerprint density at radius 2 is 1.75 bits per heavy atom. The molecule has 0 saturated carbocycles. The predicted molar refractivity (Wildman–Crippen MR) is 91.3 cm³/mol. The van der Waals surface area contributed by atoms with Crippen molar-refractivity contribution in [3.05, 3.63) is 11.4 Å². The fraction of sp³-hybridized carbons (Fsp3) is 0.812. The second-order valence-electron chi connectivity index (χ2n) is 7.02. The number of hydrogen-bond acceptors (Lipinski definition) is 6. The van der Waals surface area contributed by atoms with Crippen molar-refractivity contribution in [3.63, 3.8) is 0 Å². The van der Waals surface area contributed by atoms with Gasteiger partial charge in [-0.1, -0.05) is 0 Å². The average Bonchev–Trinajstić information content (AvgIpc) is 2.91. The molecule has 7 nitrogen and oxygen atoms in total. The van der Waals surface area contributed by atoms with Crippen molar-refractivity contribution < 1.29 is 23.9 Å². The number of aliphatic hydroxyl groups excluding tert-OH is 1. The summed E-state index contributed by atoms with van der Waals surface area (Å²) in [4.78, 5) is 0. The van der Waals surface area contributed by atoms with Crippen molar-refractivity contribution in [2.45, 2.75) is 59.0 Å². The van der Waals surface area contributed by atoms with Crippen LogP contribution in [-0.4, -0.2) is 60.1 Å². The van der Waals surface area contributed by atoms with E-state index in [4.69, 9.17) is 18.8 Å². The predicted octanol–water partition coefficient (Wildman–Crippen LogP) is 0.646. The van der Waals surface area contributed by atoms with E-state index in [0.29, 0.717) is 32.1 Å². The quantitative estimate of drug-likeness (QED) is 0.553. The molecule has 0 amide bonds. The summed E-state index contributed by atoms with van der Waals surface area (Å²) in [6, 6.07) is 0. The van der Waals surface area contributed by atoms with E-state index in [2.05, 4.69) is 5.10 Å². The number of nitrogens with zero attached hydrogens (tertiary/aromatic N) is 2. The smallest absolute Gasteiger partial charge is 0.399 e. The SMILES string of the molecule is COCCOCCn1nc(C)c(B2OC(C)(C)C(C)(C)O2)c1CO. The van der Waals surface area contributed by atoms with Gasteiger partial charge in [-0.25, -0.2) is 0 Å². The molecule has 0 bridgehead atoms. The van der Waals surface area contributed by atoms with Gasteiger partial charge >= 0.3 is 7.12 Å². The molecule has 1 aromatic heterocycles. The maximum absolute atomic E-state index is 9.84. The molecule has 0 spiro atoms. The zero-order chi connectivity index (χ0) is 18.0. The van der Waals surface area contributed by atoms with Crippen LogP contribution in [0.4, 0.5) is 0 Å². The lowest BCUT2D eigenvalue weighted by atomic mass is 9.77. The highest BCUT2D eigenvalue weighted by molar-refractivity contribution is 6.63. The van der Waals surface area contributed by atoms with Crippen molar-refractivity contribution in [3.8, 4) is 0 Å². The number of aliphatic hydroxyl groups is 1. The summed E-state index contributed by atoms with van der Waals surface area (Å²) >= 11 is 0. The van der Waals surface area contributed by atoms with Gasteiger partial charge in [-0.2, -0.15) is 5.10 Å². The number of aryl methyl sites for hydroxylation is 1. The molecule has 1 fully saturated rings. The molecule has 0 unspecified atom stereocenters. The Balaban J connectivity index is 2.14. The first-order valence-corrected chi connectivity index (χ1v) is 8.33. The lowest BCUT2D eigenvalue weighted by Crippen LogP contribution is -2.41. The second kappa shape index (κ2) is 7.53. The summed E-state index contributed by atoms with van der Waals surface area (Å²) in [5, 5.41) is 14.4. The average molecular weight is 340 g/mol. The molecular weight excluding hydrogens is 311 g/mol. The molecule has 0 aromatic carbocycles. The number of methoxy groups -OCH3 is 1. The summed E-state index contributed by atoms with van der Waals surface area (Å²) in [6.45, 7) is 12.0. The minimum absolute atomic E-state index is 0.127. The first-order valence-electron chi connectivity index (χ1n) is 8.33. The number of hydrogen-bond donors (Lipinski definition) is 1. The lowest BCUT2D eigenvalue weighted by molar-refractivity contribution is 0.00578. The Bertz CT molecular complexity index is 543. The first kappa shape index (κ1) is 19.4. The topological polar surface area (TPSA) is 75.0 Å². The van der Waals surface area contributed by atoms with E-state index < -0.39 is 18.3 Å². The van der Waals surface area contributed by atoms with Gasteiger partial charge in [0.15, 0.2) is 0 Å². The summed E-state index contributed by atoms with van der Waals surface area (Å²) in [6.07, 6.45) is 0. The molecule has 1 N–H and O–H groups in total. The Morgan fingerprint density at radius 1 is 1.12 bits per heavy atom. The van der Waals surface area contributed by atoms with E-state index in [0.717, 1.165) is 11.2 Å². The van der Waals surface area contributed by atoms with Gasteiger partial charge in [-0.05, 0) is 34.6 Å². The van der Waals surface area contributed by atoms with Crippen LogP contribution in [0.25, 0.3) is 0 Å². The van der Waals surface area contributed by atoms with E-state index in [1.165, 1.54) is 0 Å². The Kier molecular flexibility index (Phi) is 6.09. The van der Waals surface area contributed by atoms with Crippen LogP contribution < -0.4 is 5.46 Å². The van der Waals surface area contributed by atoms with E-state index in [1.54, 1.807) is 11.8 Å². The maximum atomic E-state index is 9.84. The van der Waals surface area contributed by atoms with E-state index in [-0.39, 0.29) is 6.61 Å². The van der Waals surface area contributed by atoms with Crippen LogP contribution >= 0.6 is 0 Å². The molecule has 2 rings (SSSR count). The van der Waals surface area contributed by atoms with Crippen LogP contribution in [0.3, 0.4) is 0 Å². The minimum Gasteiger partial charge on any atom is -0.399 e. The zero-order valence-electron chi connectivity index (χ0n) is 15.6. The first-order chi connectivity index (χ1) is 11.2. The third-order valence-corrected chi connectivity index (χ3v) is 4.80. The van der Waals surface area contributed by atoms with E-state index >= 15 is 0 Å². The zero-order valence-corrected chi connectivity index (χ0v) is 15.6. The molecule has 24 heavy (non-hydrogen) atoms. The van der Waals surface area contributed by atoms with Gasteiger partial charge in [0.2, 0.25) is 0 Å². The Labute approximate surface area is 144 Å². The van der Waals surface area contributed by atoms with Gasteiger partial charge in [0, 0.05) is 12.6 Å². The maximum Gasteiger partial charge on any atom is 0.498 e. The van der Waals surface area contributed by atoms with Crippen molar-refractivity contribution in [2.75, 3.05) is 26.9 Å². The fourth-order valence-electron chi connectivity index (χ4n) is 2.66. The van der Waals surface area contributed by atoms with Gasteiger partial charge in [-0.15, -0.1) is 0 Å². The number of ether oxygens (including phenoxy) is 2. The lowest BCUT2D eigenvalue weighted by Gasteiger charge is -2.32. The molecule has 1 aliphatic rings. The van der Waals surface area contributed by atoms with Crippen LogP contribution in [-0.2, 0) is 31.9 Å². The highest BCUT2D eigenvalue weighted by Gasteiger charge is 2.53.